The topological polar surface area (TPSA) is 96.2 Å². The fraction of sp³-hybridized carbons (Fsp3) is 0.889. The van der Waals surface area contributed by atoms with Gasteiger partial charge in [0.15, 0.2) is 0 Å². The molecule has 0 aliphatic carbocycles. The van der Waals surface area contributed by atoms with Gasteiger partial charge in [-0.05, 0) is 6.42 Å². The Balaban J connectivity index is 2.90. The molecular formula is C9H16O6. The lowest BCUT2D eigenvalue weighted by molar-refractivity contribution is -0.348. The smallest absolute Gasteiger partial charge is 0.395 e. The van der Waals surface area contributed by atoms with Crippen molar-refractivity contribution in [1.29, 1.82) is 0 Å². The van der Waals surface area contributed by atoms with Crippen molar-refractivity contribution in [1.82, 2.24) is 0 Å². The summed E-state index contributed by atoms with van der Waals surface area (Å²) >= 11 is 0. The molecule has 0 atom stereocenters. The van der Waals surface area contributed by atoms with E-state index in [0.717, 1.165) is 0 Å². The van der Waals surface area contributed by atoms with E-state index in [0.29, 0.717) is 12.8 Å². The zero-order chi connectivity index (χ0) is 11.5. The van der Waals surface area contributed by atoms with Crippen LogP contribution < -0.4 is 0 Å². The molecule has 1 aliphatic rings. The number of hydrogen-bond donors (Lipinski definition) is 3. The van der Waals surface area contributed by atoms with Crippen LogP contribution in [0.1, 0.15) is 19.8 Å². The molecule has 3 N–H and O–H groups in total. The molecule has 0 aromatic carbocycles. The molecule has 1 aliphatic heterocycles. The number of carbonyl (C=O) groups excluding carboxylic acids is 1. The highest BCUT2D eigenvalue weighted by molar-refractivity contribution is 5.66. The van der Waals surface area contributed by atoms with Gasteiger partial charge in [0.25, 0.3) is 5.79 Å². The maximum atomic E-state index is 10.7. The Bertz CT molecular complexity index is 218. The highest BCUT2D eigenvalue weighted by Gasteiger charge is 2.63. The molecule has 0 amide bonds. The third-order valence-electron chi connectivity index (χ3n) is 2.79. The van der Waals surface area contributed by atoms with Crippen LogP contribution in [0.15, 0.2) is 0 Å². The van der Waals surface area contributed by atoms with E-state index in [1.54, 1.807) is 0 Å². The lowest BCUT2D eigenvalue weighted by Gasteiger charge is -2.50. The largest absolute Gasteiger partial charge is 0.514 e. The van der Waals surface area contributed by atoms with Crippen molar-refractivity contribution < 1.29 is 29.6 Å². The molecule has 0 spiro atoms. The highest BCUT2D eigenvalue weighted by Crippen LogP contribution is 2.45. The quantitative estimate of drug-likeness (QED) is 0.528. The second-order valence-corrected chi connectivity index (χ2v) is 3.71. The molecule has 1 fully saturated rings. The first-order chi connectivity index (χ1) is 7.09. The van der Waals surface area contributed by atoms with Crippen molar-refractivity contribution in [2.24, 2.45) is 5.41 Å². The fourth-order valence-electron chi connectivity index (χ4n) is 1.70. The maximum absolute atomic E-state index is 10.7. The molecule has 0 radical (unpaired) electrons. The normalized spacial score (nSPS) is 19.1. The summed E-state index contributed by atoms with van der Waals surface area (Å²) in [5.74, 6) is -1.39. The summed E-state index contributed by atoms with van der Waals surface area (Å²) in [6.07, 6.45) is 0.110. The van der Waals surface area contributed by atoms with Crippen LogP contribution in [0.5, 0.6) is 0 Å². The Hall–Kier alpha value is -0.850. The van der Waals surface area contributed by atoms with E-state index in [9.17, 15) is 20.1 Å². The molecule has 6 heteroatoms. The first kappa shape index (κ1) is 12.2. The minimum atomic E-state index is -1.39. The lowest BCUT2D eigenvalue weighted by atomic mass is 9.78. The van der Waals surface area contributed by atoms with Crippen LogP contribution >= 0.6 is 0 Å². The summed E-state index contributed by atoms with van der Waals surface area (Å²) in [6, 6.07) is 0. The molecule has 0 aromatic heterocycles. The monoisotopic (exact) mass is 220 g/mol. The Kier molecular flexibility index (Phi) is 3.54. The summed E-state index contributed by atoms with van der Waals surface area (Å²) in [6.45, 7) is 0.280. The van der Waals surface area contributed by atoms with Gasteiger partial charge in [-0.1, -0.05) is 6.92 Å². The summed E-state index contributed by atoms with van der Waals surface area (Å²) in [4.78, 5) is 10.7. The van der Waals surface area contributed by atoms with Crippen molar-refractivity contribution in [2.75, 3.05) is 19.8 Å². The van der Waals surface area contributed by atoms with Crippen molar-refractivity contribution in [2.45, 2.75) is 25.6 Å². The van der Waals surface area contributed by atoms with Gasteiger partial charge in [-0.3, -0.25) is 0 Å². The van der Waals surface area contributed by atoms with E-state index >= 15 is 0 Å². The molecule has 0 bridgehead atoms. The van der Waals surface area contributed by atoms with E-state index in [4.69, 9.17) is 9.47 Å². The van der Waals surface area contributed by atoms with Crippen molar-refractivity contribution in [3.8, 4) is 0 Å². The summed E-state index contributed by atoms with van der Waals surface area (Å²) in [5.41, 5.74) is -1.35. The molecule has 1 heterocycles. The lowest BCUT2D eigenvalue weighted by Crippen LogP contribution is -2.66. The second kappa shape index (κ2) is 4.34. The highest BCUT2D eigenvalue weighted by atomic mass is 16.9. The number of aliphatic hydroxyl groups is 3. The van der Waals surface area contributed by atoms with Gasteiger partial charge in [0.2, 0.25) is 0 Å². The molecule has 0 unspecified atom stereocenters. The number of ether oxygens (including phenoxy) is 2. The number of hydrogen-bond acceptors (Lipinski definition) is 6. The van der Waals surface area contributed by atoms with Gasteiger partial charge < -0.3 is 24.8 Å². The van der Waals surface area contributed by atoms with Gasteiger partial charge in [-0.2, -0.15) is 0 Å². The average Bonchev–Trinajstić information content (AvgIpc) is 2.19. The SMILES string of the molecule is CCCC1(C(CO)(CO)CO)OC(=O)O1. The second-order valence-electron chi connectivity index (χ2n) is 3.71. The van der Waals surface area contributed by atoms with E-state index < -0.39 is 37.2 Å². The van der Waals surface area contributed by atoms with Gasteiger partial charge in [0.1, 0.15) is 5.41 Å². The summed E-state index contributed by atoms with van der Waals surface area (Å²) < 4.78 is 9.73. The van der Waals surface area contributed by atoms with Gasteiger partial charge in [-0.25, -0.2) is 4.79 Å². The van der Waals surface area contributed by atoms with Crippen LogP contribution in [0.2, 0.25) is 0 Å². The van der Waals surface area contributed by atoms with Crippen LogP contribution in [-0.2, 0) is 9.47 Å². The predicted molar refractivity (Wildman–Crippen MR) is 48.9 cm³/mol. The third kappa shape index (κ3) is 1.68. The molecule has 0 aromatic rings. The molecule has 1 rings (SSSR count). The summed E-state index contributed by atoms with van der Waals surface area (Å²) in [5, 5.41) is 27.6. The van der Waals surface area contributed by atoms with Crippen LogP contribution in [0.4, 0.5) is 4.79 Å². The van der Waals surface area contributed by atoms with E-state index in [1.807, 2.05) is 6.92 Å². The predicted octanol–water partition coefficient (Wildman–Crippen LogP) is -0.387. The Labute approximate surface area is 87.4 Å². The van der Waals surface area contributed by atoms with Crippen molar-refractivity contribution >= 4 is 6.16 Å². The van der Waals surface area contributed by atoms with Crippen molar-refractivity contribution in [3.05, 3.63) is 0 Å². The summed E-state index contributed by atoms with van der Waals surface area (Å²) in [7, 11) is 0. The van der Waals surface area contributed by atoms with Crippen molar-refractivity contribution in [3.63, 3.8) is 0 Å². The average molecular weight is 220 g/mol. The van der Waals surface area contributed by atoms with Crippen LogP contribution in [0.25, 0.3) is 0 Å². The minimum absolute atomic E-state index is 0.320. The molecular weight excluding hydrogens is 204 g/mol. The molecule has 15 heavy (non-hydrogen) atoms. The van der Waals surface area contributed by atoms with Gasteiger partial charge >= 0.3 is 6.16 Å². The molecule has 88 valence electrons. The standard InChI is InChI=1S/C9H16O6/c1-2-3-9(14-7(13)15-9)8(4-10,5-11)6-12/h10-12H,2-6H2,1H3. The molecule has 6 nitrogen and oxygen atoms in total. The van der Waals surface area contributed by atoms with Gasteiger partial charge in [0, 0.05) is 6.42 Å². The Morgan fingerprint density at radius 2 is 1.67 bits per heavy atom. The number of rotatable bonds is 6. The van der Waals surface area contributed by atoms with E-state index in [-0.39, 0.29) is 0 Å². The fourth-order valence-corrected chi connectivity index (χ4v) is 1.70. The zero-order valence-electron chi connectivity index (χ0n) is 8.60. The Morgan fingerprint density at radius 1 is 1.20 bits per heavy atom. The molecule has 1 saturated heterocycles. The first-order valence-corrected chi connectivity index (χ1v) is 4.84. The van der Waals surface area contributed by atoms with Crippen LogP contribution in [0, 0.1) is 5.41 Å². The zero-order valence-corrected chi connectivity index (χ0v) is 8.60. The van der Waals surface area contributed by atoms with E-state index in [2.05, 4.69) is 0 Å². The number of carbonyl (C=O) groups is 1. The molecule has 0 saturated carbocycles. The third-order valence-corrected chi connectivity index (χ3v) is 2.79. The Morgan fingerprint density at radius 3 is 1.93 bits per heavy atom. The number of aliphatic hydroxyl groups excluding tert-OH is 3. The van der Waals surface area contributed by atoms with Crippen LogP contribution in [0.3, 0.4) is 0 Å². The van der Waals surface area contributed by atoms with E-state index in [1.165, 1.54) is 0 Å². The number of cyclic esters (lactones) is 2. The minimum Gasteiger partial charge on any atom is -0.395 e. The maximum Gasteiger partial charge on any atom is 0.514 e. The van der Waals surface area contributed by atoms with Crippen LogP contribution in [-0.4, -0.2) is 47.1 Å². The van der Waals surface area contributed by atoms with Gasteiger partial charge in [0.05, 0.1) is 19.8 Å². The first-order valence-electron chi connectivity index (χ1n) is 4.84. The van der Waals surface area contributed by atoms with Gasteiger partial charge in [-0.15, -0.1) is 0 Å².